The quantitative estimate of drug-likeness (QED) is 0.103. The van der Waals surface area contributed by atoms with Crippen LogP contribution < -0.4 is 5.19 Å². The number of hydrogen-bond donors (Lipinski definition) is 0. The highest BCUT2D eigenvalue weighted by Gasteiger charge is 2.66. The third kappa shape index (κ3) is 5.03. The smallest absolute Gasteiger partial charge is 0.233 e. The summed E-state index contributed by atoms with van der Waals surface area (Å²) in [7, 11) is -2.30. The third-order valence-electron chi connectivity index (χ3n) is 8.76. The van der Waals surface area contributed by atoms with Crippen LogP contribution in [-0.2, 0) is 17.0 Å². The fourth-order valence-electron chi connectivity index (χ4n) is 6.64. The van der Waals surface area contributed by atoms with Gasteiger partial charge in [0.25, 0.3) is 0 Å². The van der Waals surface area contributed by atoms with E-state index in [9.17, 15) is 4.79 Å². The molecule has 0 N–H and O–H groups in total. The van der Waals surface area contributed by atoms with Gasteiger partial charge in [-0.2, -0.15) is 0 Å². The van der Waals surface area contributed by atoms with Crippen molar-refractivity contribution >= 4 is 25.4 Å². The molecule has 5 aromatic rings. The first-order chi connectivity index (χ1) is 20.5. The van der Waals surface area contributed by atoms with E-state index < -0.39 is 13.7 Å². The van der Waals surface area contributed by atoms with Crippen molar-refractivity contribution in [1.29, 1.82) is 0 Å². The number of likely N-dealkylation sites (tertiary alicyclic amines) is 1. The van der Waals surface area contributed by atoms with Crippen LogP contribution in [-0.4, -0.2) is 25.1 Å². The van der Waals surface area contributed by atoms with Crippen LogP contribution in [0, 0.1) is 5.92 Å². The second-order valence-corrected chi connectivity index (χ2v) is 16.3. The van der Waals surface area contributed by atoms with Gasteiger partial charge in [0.1, 0.15) is 0 Å². The molecule has 1 amide bonds. The van der Waals surface area contributed by atoms with E-state index in [0.717, 1.165) is 16.7 Å². The molecule has 5 aromatic carbocycles. The molecule has 3 atom stereocenters. The molecule has 0 aromatic heterocycles. The molecule has 0 aliphatic carbocycles. The van der Waals surface area contributed by atoms with Crippen LogP contribution in [0.15, 0.2) is 157 Å². The van der Waals surface area contributed by atoms with Gasteiger partial charge in [0.15, 0.2) is 5.66 Å². The molecular formula is C38H36N2OSi. The first-order valence-corrected chi connectivity index (χ1v) is 17.7. The molecule has 3 nitrogen and oxygen atoms in total. The second kappa shape index (κ2) is 11.7. The van der Waals surface area contributed by atoms with Crippen molar-refractivity contribution in [2.45, 2.75) is 30.8 Å². The highest BCUT2D eigenvalue weighted by Crippen LogP contribution is 2.56. The summed E-state index contributed by atoms with van der Waals surface area (Å²) in [6, 6.07) is 52.3. The normalized spacial score (nSPS) is 19.4. The minimum atomic E-state index is -2.30. The van der Waals surface area contributed by atoms with Gasteiger partial charge in [0, 0.05) is 18.3 Å². The number of β-lactam (4-membered cyclic amide) rings is 1. The van der Waals surface area contributed by atoms with E-state index in [1.807, 2.05) is 53.6 Å². The lowest BCUT2D eigenvalue weighted by Crippen LogP contribution is -2.72. The van der Waals surface area contributed by atoms with E-state index in [1.165, 1.54) is 10.8 Å². The average molecular weight is 565 g/mol. The lowest BCUT2D eigenvalue weighted by Gasteiger charge is -2.59. The third-order valence-corrected chi connectivity index (χ3v) is 12.8. The molecule has 1 aliphatic rings. The highest BCUT2D eigenvalue weighted by atomic mass is 28.3. The molecule has 0 bridgehead atoms. The monoisotopic (exact) mass is 564 g/mol. The minimum absolute atomic E-state index is 0.00578. The fourth-order valence-corrected chi connectivity index (χ4v) is 10.3. The number of hydrogen-bond acceptors (Lipinski definition) is 2. The fraction of sp³-hybridized carbons (Fsp3) is 0.158. The van der Waals surface area contributed by atoms with E-state index in [4.69, 9.17) is 4.99 Å². The molecule has 0 spiro atoms. The molecule has 208 valence electrons. The van der Waals surface area contributed by atoms with Crippen LogP contribution in [0.2, 0.25) is 13.1 Å². The van der Waals surface area contributed by atoms with Crippen molar-refractivity contribution in [2.24, 2.45) is 10.9 Å². The van der Waals surface area contributed by atoms with Gasteiger partial charge >= 0.3 is 0 Å². The van der Waals surface area contributed by atoms with Gasteiger partial charge in [-0.25, -0.2) is 0 Å². The molecule has 1 aliphatic heterocycles. The van der Waals surface area contributed by atoms with Crippen molar-refractivity contribution in [1.82, 2.24) is 4.90 Å². The number of aliphatic imine (C=N–C) groups is 1. The maximum atomic E-state index is 14.7. The Labute approximate surface area is 250 Å². The van der Waals surface area contributed by atoms with Crippen LogP contribution >= 0.6 is 0 Å². The summed E-state index contributed by atoms with van der Waals surface area (Å²) >= 11 is 0. The SMILES string of the molecule is C[Si](C)(c1ccccc1)[C@@H](c1ccccc1)[C@@H]1C(=O)N(Cc2ccccc2)[C@]1(/N=C/c1ccccc1)c1ccccc1. The molecule has 6 rings (SSSR count). The zero-order valence-electron chi connectivity index (χ0n) is 24.2. The number of carbonyl (C=O) groups is 1. The predicted octanol–water partition coefficient (Wildman–Crippen LogP) is 7.56. The summed E-state index contributed by atoms with van der Waals surface area (Å²) < 4.78 is 0. The van der Waals surface area contributed by atoms with Crippen molar-refractivity contribution in [2.75, 3.05) is 0 Å². The van der Waals surface area contributed by atoms with Gasteiger partial charge in [-0.05, 0) is 22.2 Å². The van der Waals surface area contributed by atoms with Crippen LogP contribution in [0.25, 0.3) is 0 Å². The van der Waals surface area contributed by atoms with Crippen molar-refractivity contribution in [3.05, 3.63) is 174 Å². The summed E-state index contributed by atoms with van der Waals surface area (Å²) in [5, 5.41) is 1.34. The molecule has 1 fully saturated rings. The van der Waals surface area contributed by atoms with Gasteiger partial charge < -0.3 is 4.90 Å². The lowest BCUT2D eigenvalue weighted by atomic mass is 9.71. The number of carbonyl (C=O) groups excluding carboxylic acids is 1. The van der Waals surface area contributed by atoms with Crippen molar-refractivity contribution in [3.63, 3.8) is 0 Å². The Morgan fingerprint density at radius 1 is 0.714 bits per heavy atom. The van der Waals surface area contributed by atoms with Gasteiger partial charge in [-0.1, -0.05) is 170 Å². The zero-order valence-corrected chi connectivity index (χ0v) is 25.2. The topological polar surface area (TPSA) is 32.7 Å². The van der Waals surface area contributed by atoms with Crippen LogP contribution in [0.4, 0.5) is 0 Å². The van der Waals surface area contributed by atoms with E-state index in [0.29, 0.717) is 6.54 Å². The Morgan fingerprint density at radius 3 is 1.81 bits per heavy atom. The van der Waals surface area contributed by atoms with Crippen LogP contribution in [0.1, 0.15) is 27.8 Å². The Morgan fingerprint density at radius 2 is 1.21 bits per heavy atom. The Balaban J connectivity index is 1.59. The molecule has 0 radical (unpaired) electrons. The number of nitrogens with zero attached hydrogens (tertiary/aromatic N) is 2. The second-order valence-electron chi connectivity index (χ2n) is 11.6. The molecule has 4 heteroatoms. The lowest BCUT2D eigenvalue weighted by molar-refractivity contribution is -0.175. The number of amides is 1. The summed E-state index contributed by atoms with van der Waals surface area (Å²) in [5.74, 6) is -0.217. The largest absolute Gasteiger partial charge is 0.309 e. The summed E-state index contributed by atoms with van der Waals surface area (Å²) in [6.45, 7) is 5.31. The Hall–Kier alpha value is -4.54. The Bertz CT molecular complexity index is 1640. The maximum absolute atomic E-state index is 14.7. The Kier molecular flexibility index (Phi) is 7.73. The van der Waals surface area contributed by atoms with Crippen LogP contribution in [0.3, 0.4) is 0 Å². The molecule has 0 unspecified atom stereocenters. The van der Waals surface area contributed by atoms with E-state index in [1.54, 1.807) is 0 Å². The number of rotatable bonds is 9. The highest BCUT2D eigenvalue weighted by molar-refractivity contribution is 6.91. The van der Waals surface area contributed by atoms with Gasteiger partial charge in [0.05, 0.1) is 14.0 Å². The van der Waals surface area contributed by atoms with E-state index in [2.05, 4.69) is 122 Å². The van der Waals surface area contributed by atoms with E-state index >= 15 is 0 Å². The van der Waals surface area contributed by atoms with Crippen molar-refractivity contribution in [3.8, 4) is 0 Å². The van der Waals surface area contributed by atoms with Gasteiger partial charge in [0.2, 0.25) is 5.91 Å². The maximum Gasteiger partial charge on any atom is 0.233 e. The van der Waals surface area contributed by atoms with Gasteiger partial charge in [-0.15, -0.1) is 0 Å². The van der Waals surface area contributed by atoms with Gasteiger partial charge in [-0.3, -0.25) is 9.79 Å². The molecule has 0 saturated carbocycles. The first-order valence-electron chi connectivity index (χ1n) is 14.6. The first kappa shape index (κ1) is 27.6. The molecule has 1 heterocycles. The molecule has 1 saturated heterocycles. The van der Waals surface area contributed by atoms with E-state index in [-0.39, 0.29) is 17.4 Å². The summed E-state index contributed by atoms with van der Waals surface area (Å²) in [4.78, 5) is 22.2. The summed E-state index contributed by atoms with van der Waals surface area (Å²) in [6.07, 6.45) is 1.96. The van der Waals surface area contributed by atoms with Crippen LogP contribution in [0.5, 0.6) is 0 Å². The number of benzene rings is 5. The average Bonchev–Trinajstić information content (AvgIpc) is 3.05. The predicted molar refractivity (Wildman–Crippen MR) is 175 cm³/mol. The minimum Gasteiger partial charge on any atom is -0.309 e. The van der Waals surface area contributed by atoms with Crippen molar-refractivity contribution < 1.29 is 4.79 Å². The standard InChI is InChI=1S/C38H36N2OSi/c1-42(2,34-26-16-7-17-27-34)36(32-22-12-5-13-23-32)35-37(41)40(29-31-20-10-4-11-21-31)38(35,33-24-14-6-15-25-33)39-28-30-18-8-3-9-19-30/h3-28,35-36H,29H2,1-2H3/b39-28+/t35-,36+,38-/m1/s1. The summed E-state index contributed by atoms with van der Waals surface area (Å²) in [5.41, 5.74) is 3.47. The molecular weight excluding hydrogens is 529 g/mol. The molecule has 42 heavy (non-hydrogen) atoms. The zero-order chi connectivity index (χ0) is 29.0.